The maximum Gasteiger partial charge on any atom is 0.383 e. The van der Waals surface area contributed by atoms with E-state index in [1.165, 1.54) is 6.07 Å². The summed E-state index contributed by atoms with van der Waals surface area (Å²) in [6, 6.07) is 19.2. The monoisotopic (exact) mass is 280 g/mol. The van der Waals surface area contributed by atoms with Gasteiger partial charge < -0.3 is 14.3 Å². The molecule has 0 aliphatic carbocycles. The first-order chi connectivity index (χ1) is 10.2. The summed E-state index contributed by atoms with van der Waals surface area (Å²) >= 11 is 0. The van der Waals surface area contributed by atoms with E-state index in [2.05, 4.69) is 0 Å². The highest BCUT2D eigenvalue weighted by molar-refractivity contribution is 5.60. The van der Waals surface area contributed by atoms with Gasteiger partial charge in [-0.3, -0.25) is 0 Å². The van der Waals surface area contributed by atoms with Crippen LogP contribution in [0.1, 0.15) is 0 Å². The first-order valence-corrected chi connectivity index (χ1v) is 6.39. The molecule has 2 aromatic carbocycles. The van der Waals surface area contributed by atoms with E-state index in [0.717, 1.165) is 0 Å². The number of benzene rings is 2. The first kappa shape index (κ1) is 13.0. The van der Waals surface area contributed by atoms with E-state index in [9.17, 15) is 9.90 Å². The summed E-state index contributed by atoms with van der Waals surface area (Å²) in [5.41, 5.74) is -0.0196. The Morgan fingerprint density at radius 3 is 2.14 bits per heavy atom. The van der Waals surface area contributed by atoms with Crippen LogP contribution in [0.25, 0.3) is 11.3 Å². The molecule has 0 aliphatic heterocycles. The van der Waals surface area contributed by atoms with Gasteiger partial charge in [-0.1, -0.05) is 48.5 Å². The molecule has 0 atom stereocenters. The Bertz CT molecular complexity index is 792. The van der Waals surface area contributed by atoms with Gasteiger partial charge in [0.1, 0.15) is 11.5 Å². The molecule has 104 valence electrons. The average molecular weight is 280 g/mol. The molecular weight excluding hydrogens is 268 g/mol. The summed E-state index contributed by atoms with van der Waals surface area (Å²) in [6.07, 6.45) is 0. The minimum absolute atomic E-state index is 0.221. The molecule has 0 aliphatic rings. The van der Waals surface area contributed by atoms with E-state index >= 15 is 0 Å². The minimum Gasteiger partial charge on any atom is -0.504 e. The molecule has 0 saturated carbocycles. The smallest absolute Gasteiger partial charge is 0.383 e. The van der Waals surface area contributed by atoms with Crippen LogP contribution < -0.4 is 10.4 Å². The second-order valence-corrected chi connectivity index (χ2v) is 4.39. The summed E-state index contributed by atoms with van der Waals surface area (Å²) in [5.74, 6) is 0.265. The highest BCUT2D eigenvalue weighted by Gasteiger charge is 2.14. The SMILES string of the molecule is O=c1oc(-c2ccccc2)cc(O)c1Oc1ccccc1. The predicted molar refractivity (Wildman–Crippen MR) is 78.6 cm³/mol. The molecule has 1 N–H and O–H groups in total. The lowest BCUT2D eigenvalue weighted by Crippen LogP contribution is -2.04. The molecule has 1 heterocycles. The summed E-state index contributed by atoms with van der Waals surface area (Å²) in [5, 5.41) is 10.0. The van der Waals surface area contributed by atoms with E-state index in [0.29, 0.717) is 17.1 Å². The van der Waals surface area contributed by atoms with Gasteiger partial charge in [0.15, 0.2) is 5.75 Å². The molecule has 3 rings (SSSR count). The Labute approximate surface area is 120 Å². The van der Waals surface area contributed by atoms with Gasteiger partial charge in [-0.2, -0.15) is 0 Å². The lowest BCUT2D eigenvalue weighted by atomic mass is 10.1. The molecule has 0 bridgehead atoms. The Morgan fingerprint density at radius 1 is 0.905 bits per heavy atom. The Balaban J connectivity index is 1.99. The van der Waals surface area contributed by atoms with Gasteiger partial charge in [0.05, 0.1) is 0 Å². The van der Waals surface area contributed by atoms with Crippen molar-refractivity contribution in [3.63, 3.8) is 0 Å². The van der Waals surface area contributed by atoms with Gasteiger partial charge in [0.2, 0.25) is 0 Å². The summed E-state index contributed by atoms with van der Waals surface area (Å²) in [6.45, 7) is 0. The molecule has 4 heteroatoms. The zero-order valence-electron chi connectivity index (χ0n) is 11.0. The molecule has 1 aromatic heterocycles. The van der Waals surface area contributed by atoms with E-state index in [4.69, 9.17) is 9.15 Å². The van der Waals surface area contributed by atoms with Crippen molar-refractivity contribution in [2.24, 2.45) is 0 Å². The van der Waals surface area contributed by atoms with Crippen molar-refractivity contribution in [2.45, 2.75) is 0 Å². The van der Waals surface area contributed by atoms with Crippen LogP contribution in [0.2, 0.25) is 0 Å². The van der Waals surface area contributed by atoms with Gasteiger partial charge in [-0.25, -0.2) is 4.79 Å². The second-order valence-electron chi connectivity index (χ2n) is 4.39. The standard InChI is InChI=1S/C17H12O4/c18-14-11-15(12-7-3-1-4-8-12)21-17(19)16(14)20-13-9-5-2-6-10-13/h1-11,18H. The second kappa shape index (κ2) is 5.54. The van der Waals surface area contributed by atoms with Crippen LogP contribution >= 0.6 is 0 Å². The van der Waals surface area contributed by atoms with Gasteiger partial charge >= 0.3 is 5.63 Å². The zero-order valence-corrected chi connectivity index (χ0v) is 11.0. The van der Waals surface area contributed by atoms with Crippen molar-refractivity contribution < 1.29 is 14.3 Å². The van der Waals surface area contributed by atoms with Crippen LogP contribution in [0, 0.1) is 0 Å². The quantitative estimate of drug-likeness (QED) is 0.792. The fraction of sp³-hybridized carbons (Fsp3) is 0. The summed E-state index contributed by atoms with van der Waals surface area (Å²) < 4.78 is 10.6. The van der Waals surface area contributed by atoms with Gasteiger partial charge in [-0.05, 0) is 12.1 Å². The predicted octanol–water partition coefficient (Wildman–Crippen LogP) is 3.80. The molecule has 0 fully saturated rings. The van der Waals surface area contributed by atoms with Crippen molar-refractivity contribution >= 4 is 0 Å². The van der Waals surface area contributed by atoms with Crippen molar-refractivity contribution in [3.8, 4) is 28.6 Å². The fourth-order valence-corrected chi connectivity index (χ4v) is 1.91. The Kier molecular flexibility index (Phi) is 3.43. The largest absolute Gasteiger partial charge is 0.504 e. The van der Waals surface area contributed by atoms with Crippen LogP contribution in [-0.4, -0.2) is 5.11 Å². The van der Waals surface area contributed by atoms with Crippen molar-refractivity contribution in [1.29, 1.82) is 0 Å². The van der Waals surface area contributed by atoms with Crippen molar-refractivity contribution in [1.82, 2.24) is 0 Å². The molecular formula is C17H12O4. The number of aromatic hydroxyl groups is 1. The highest BCUT2D eigenvalue weighted by Crippen LogP contribution is 2.30. The number of hydrogen-bond acceptors (Lipinski definition) is 4. The number of hydrogen-bond donors (Lipinski definition) is 1. The number of ether oxygens (including phenoxy) is 1. The zero-order chi connectivity index (χ0) is 14.7. The van der Waals surface area contributed by atoms with E-state index in [-0.39, 0.29) is 11.5 Å². The molecule has 21 heavy (non-hydrogen) atoms. The summed E-state index contributed by atoms with van der Waals surface area (Å²) in [7, 11) is 0. The molecule has 0 saturated heterocycles. The number of rotatable bonds is 3. The normalized spacial score (nSPS) is 10.3. The molecule has 3 aromatic rings. The van der Waals surface area contributed by atoms with Crippen LogP contribution in [0.5, 0.6) is 17.2 Å². The van der Waals surface area contributed by atoms with Crippen LogP contribution in [0.3, 0.4) is 0 Å². The van der Waals surface area contributed by atoms with E-state index in [1.54, 1.807) is 36.4 Å². The van der Waals surface area contributed by atoms with Gasteiger partial charge in [-0.15, -0.1) is 0 Å². The summed E-state index contributed by atoms with van der Waals surface area (Å²) in [4.78, 5) is 12.0. The van der Waals surface area contributed by atoms with Crippen LogP contribution in [0.15, 0.2) is 75.9 Å². The van der Waals surface area contributed by atoms with Gasteiger partial charge in [0, 0.05) is 11.6 Å². The molecule has 0 radical (unpaired) electrons. The Hall–Kier alpha value is -3.01. The van der Waals surface area contributed by atoms with Crippen LogP contribution in [0.4, 0.5) is 0 Å². The molecule has 0 amide bonds. The lowest BCUT2D eigenvalue weighted by molar-refractivity contribution is 0.376. The topological polar surface area (TPSA) is 59.7 Å². The van der Waals surface area contributed by atoms with E-state index in [1.807, 2.05) is 24.3 Å². The molecule has 0 spiro atoms. The maximum absolute atomic E-state index is 12.0. The van der Waals surface area contributed by atoms with Crippen molar-refractivity contribution in [2.75, 3.05) is 0 Å². The average Bonchev–Trinajstić information content (AvgIpc) is 2.52. The highest BCUT2D eigenvalue weighted by atomic mass is 16.5. The third-order valence-electron chi connectivity index (χ3n) is 2.91. The molecule has 4 nitrogen and oxygen atoms in total. The minimum atomic E-state index is -0.724. The maximum atomic E-state index is 12.0. The Morgan fingerprint density at radius 2 is 1.52 bits per heavy atom. The van der Waals surface area contributed by atoms with Crippen molar-refractivity contribution in [3.05, 3.63) is 77.2 Å². The first-order valence-electron chi connectivity index (χ1n) is 6.39. The third-order valence-corrected chi connectivity index (χ3v) is 2.91. The van der Waals surface area contributed by atoms with E-state index < -0.39 is 5.63 Å². The third kappa shape index (κ3) is 2.79. The van der Waals surface area contributed by atoms with Gasteiger partial charge in [0.25, 0.3) is 5.75 Å². The lowest BCUT2D eigenvalue weighted by Gasteiger charge is -2.07. The fourth-order valence-electron chi connectivity index (χ4n) is 1.91. The molecule has 0 unspecified atom stereocenters. The van der Waals surface area contributed by atoms with Crippen LogP contribution in [-0.2, 0) is 0 Å². The number of para-hydroxylation sites is 1.